The van der Waals surface area contributed by atoms with Gasteiger partial charge < -0.3 is 5.73 Å². The third-order valence-electron chi connectivity index (χ3n) is 5.19. The molecule has 0 bridgehead atoms. The van der Waals surface area contributed by atoms with Crippen LogP contribution in [0.3, 0.4) is 0 Å². The average molecular weight is 278 g/mol. The van der Waals surface area contributed by atoms with E-state index in [0.29, 0.717) is 17.5 Å². The highest BCUT2D eigenvalue weighted by Gasteiger charge is 2.31. The number of nitrogens with zero attached hydrogens (tertiary/aromatic N) is 1. The molecule has 1 heterocycles. The lowest BCUT2D eigenvalue weighted by Gasteiger charge is -2.41. The van der Waals surface area contributed by atoms with Crippen molar-refractivity contribution in [1.29, 1.82) is 0 Å². The number of halogens is 1. The van der Waals surface area contributed by atoms with Crippen molar-refractivity contribution in [3.63, 3.8) is 0 Å². The summed E-state index contributed by atoms with van der Waals surface area (Å²) in [6, 6.07) is 5.57. The standard InChI is InChI=1S/C17H27FN2/c1-3-17(4-2)8-10-20(11-9-17)13-15-7-5-6-14(12-19)16(15)18/h5-7H,3-4,8-13,19H2,1-2H3. The zero-order valence-corrected chi connectivity index (χ0v) is 12.8. The van der Waals surface area contributed by atoms with Gasteiger partial charge >= 0.3 is 0 Å². The maximum absolute atomic E-state index is 14.2. The van der Waals surface area contributed by atoms with E-state index in [1.165, 1.54) is 25.7 Å². The van der Waals surface area contributed by atoms with Crippen LogP contribution in [0.1, 0.15) is 50.7 Å². The minimum Gasteiger partial charge on any atom is -0.326 e. The maximum Gasteiger partial charge on any atom is 0.132 e. The molecule has 0 aliphatic carbocycles. The molecule has 2 nitrogen and oxygen atoms in total. The van der Waals surface area contributed by atoms with Gasteiger partial charge in [0.2, 0.25) is 0 Å². The minimum atomic E-state index is -0.113. The topological polar surface area (TPSA) is 29.3 Å². The molecule has 0 unspecified atom stereocenters. The molecule has 0 atom stereocenters. The first-order chi connectivity index (χ1) is 9.64. The van der Waals surface area contributed by atoms with E-state index < -0.39 is 0 Å². The quantitative estimate of drug-likeness (QED) is 0.890. The lowest BCUT2D eigenvalue weighted by atomic mass is 9.74. The Bertz CT molecular complexity index is 431. The van der Waals surface area contributed by atoms with E-state index in [4.69, 9.17) is 5.73 Å². The predicted octanol–water partition coefficient (Wildman–Crippen LogP) is 3.69. The van der Waals surface area contributed by atoms with E-state index in [1.807, 2.05) is 12.1 Å². The molecular formula is C17H27FN2. The summed E-state index contributed by atoms with van der Waals surface area (Å²) >= 11 is 0. The van der Waals surface area contributed by atoms with Crippen molar-refractivity contribution in [3.8, 4) is 0 Å². The van der Waals surface area contributed by atoms with Crippen molar-refractivity contribution in [2.45, 2.75) is 52.6 Å². The van der Waals surface area contributed by atoms with Gasteiger partial charge in [-0.05, 0) is 31.3 Å². The molecule has 1 aliphatic rings. The summed E-state index contributed by atoms with van der Waals surface area (Å²) in [5, 5.41) is 0. The summed E-state index contributed by atoms with van der Waals surface area (Å²) < 4.78 is 14.2. The van der Waals surface area contributed by atoms with E-state index in [2.05, 4.69) is 18.7 Å². The molecule has 1 aliphatic heterocycles. The Balaban J connectivity index is 1.99. The molecule has 2 rings (SSSR count). The Kier molecular flexibility index (Phi) is 5.17. The SMILES string of the molecule is CCC1(CC)CCN(Cc2cccc(CN)c2F)CC1. The van der Waals surface area contributed by atoms with Gasteiger partial charge in [-0.2, -0.15) is 0 Å². The fourth-order valence-corrected chi connectivity index (χ4v) is 3.30. The van der Waals surface area contributed by atoms with Gasteiger partial charge in [-0.3, -0.25) is 4.90 Å². The number of nitrogens with two attached hydrogens (primary N) is 1. The smallest absolute Gasteiger partial charge is 0.132 e. The Morgan fingerprint density at radius 1 is 1.15 bits per heavy atom. The molecule has 0 aromatic heterocycles. The summed E-state index contributed by atoms with van der Waals surface area (Å²) in [7, 11) is 0. The predicted molar refractivity (Wildman–Crippen MR) is 81.8 cm³/mol. The van der Waals surface area contributed by atoms with Gasteiger partial charge in [0.25, 0.3) is 0 Å². The second kappa shape index (κ2) is 6.68. The van der Waals surface area contributed by atoms with Crippen LogP contribution in [0.15, 0.2) is 18.2 Å². The van der Waals surface area contributed by atoms with Gasteiger partial charge in [0.1, 0.15) is 5.82 Å². The monoisotopic (exact) mass is 278 g/mol. The van der Waals surface area contributed by atoms with Crippen LogP contribution in [0.2, 0.25) is 0 Å². The van der Waals surface area contributed by atoms with E-state index in [9.17, 15) is 4.39 Å². The minimum absolute atomic E-state index is 0.113. The van der Waals surface area contributed by atoms with Crippen LogP contribution in [0.5, 0.6) is 0 Å². The fraction of sp³-hybridized carbons (Fsp3) is 0.647. The van der Waals surface area contributed by atoms with E-state index in [-0.39, 0.29) is 12.4 Å². The first-order valence-electron chi connectivity index (χ1n) is 7.83. The molecule has 0 saturated carbocycles. The Labute approximate surface area is 122 Å². The van der Waals surface area contributed by atoms with Crippen LogP contribution in [0, 0.1) is 11.2 Å². The number of hydrogen-bond acceptors (Lipinski definition) is 2. The van der Waals surface area contributed by atoms with Crippen molar-refractivity contribution < 1.29 is 4.39 Å². The number of rotatable bonds is 5. The molecule has 1 aromatic rings. The van der Waals surface area contributed by atoms with Crippen LogP contribution >= 0.6 is 0 Å². The molecule has 0 radical (unpaired) electrons. The Morgan fingerprint density at radius 3 is 2.30 bits per heavy atom. The lowest BCUT2D eigenvalue weighted by Crippen LogP contribution is -2.39. The summed E-state index contributed by atoms with van der Waals surface area (Å²) in [6.07, 6.45) is 4.99. The first kappa shape index (κ1) is 15.5. The van der Waals surface area contributed by atoms with Crippen molar-refractivity contribution in [2.24, 2.45) is 11.1 Å². The van der Waals surface area contributed by atoms with Crippen LogP contribution in [-0.4, -0.2) is 18.0 Å². The third kappa shape index (κ3) is 3.21. The molecule has 20 heavy (non-hydrogen) atoms. The maximum atomic E-state index is 14.2. The number of benzene rings is 1. The van der Waals surface area contributed by atoms with Gasteiger partial charge in [0, 0.05) is 24.2 Å². The molecular weight excluding hydrogens is 251 g/mol. The van der Waals surface area contributed by atoms with Crippen LogP contribution < -0.4 is 5.73 Å². The van der Waals surface area contributed by atoms with Crippen LogP contribution in [-0.2, 0) is 13.1 Å². The molecule has 0 spiro atoms. The zero-order valence-electron chi connectivity index (χ0n) is 12.8. The number of likely N-dealkylation sites (tertiary alicyclic amines) is 1. The average Bonchev–Trinajstić information content (AvgIpc) is 2.50. The molecule has 112 valence electrons. The van der Waals surface area contributed by atoms with Gasteiger partial charge in [-0.1, -0.05) is 44.9 Å². The summed E-state index contributed by atoms with van der Waals surface area (Å²) in [4.78, 5) is 2.38. The van der Waals surface area contributed by atoms with E-state index in [0.717, 1.165) is 18.7 Å². The zero-order chi connectivity index (χ0) is 14.6. The second-order valence-corrected chi connectivity index (χ2v) is 6.08. The first-order valence-corrected chi connectivity index (χ1v) is 7.83. The fourth-order valence-electron chi connectivity index (χ4n) is 3.30. The molecule has 3 heteroatoms. The van der Waals surface area contributed by atoms with Crippen molar-refractivity contribution in [2.75, 3.05) is 13.1 Å². The number of hydrogen-bond donors (Lipinski definition) is 1. The second-order valence-electron chi connectivity index (χ2n) is 6.08. The molecule has 1 aromatic carbocycles. The van der Waals surface area contributed by atoms with Crippen molar-refractivity contribution in [3.05, 3.63) is 35.1 Å². The normalized spacial score (nSPS) is 19.2. The largest absolute Gasteiger partial charge is 0.326 e. The van der Waals surface area contributed by atoms with Crippen molar-refractivity contribution >= 4 is 0 Å². The van der Waals surface area contributed by atoms with Crippen LogP contribution in [0.4, 0.5) is 4.39 Å². The highest BCUT2D eigenvalue weighted by molar-refractivity contribution is 5.25. The summed E-state index contributed by atoms with van der Waals surface area (Å²) in [5.74, 6) is -0.113. The molecule has 1 fully saturated rings. The lowest BCUT2D eigenvalue weighted by molar-refractivity contribution is 0.0901. The van der Waals surface area contributed by atoms with Gasteiger partial charge in [-0.15, -0.1) is 0 Å². The van der Waals surface area contributed by atoms with Crippen molar-refractivity contribution in [1.82, 2.24) is 4.90 Å². The van der Waals surface area contributed by atoms with Gasteiger partial charge in [-0.25, -0.2) is 4.39 Å². The molecule has 0 amide bonds. The van der Waals surface area contributed by atoms with Crippen LogP contribution in [0.25, 0.3) is 0 Å². The molecule has 1 saturated heterocycles. The highest BCUT2D eigenvalue weighted by Crippen LogP contribution is 2.38. The van der Waals surface area contributed by atoms with Gasteiger partial charge in [0.05, 0.1) is 0 Å². The van der Waals surface area contributed by atoms with Gasteiger partial charge in [0.15, 0.2) is 0 Å². The number of piperidine rings is 1. The Morgan fingerprint density at radius 2 is 1.75 bits per heavy atom. The summed E-state index contributed by atoms with van der Waals surface area (Å²) in [6.45, 7) is 7.73. The van der Waals surface area contributed by atoms with E-state index in [1.54, 1.807) is 6.07 Å². The van der Waals surface area contributed by atoms with E-state index >= 15 is 0 Å². The molecule has 2 N–H and O–H groups in total. The highest BCUT2D eigenvalue weighted by atomic mass is 19.1. The summed E-state index contributed by atoms with van der Waals surface area (Å²) in [5.41, 5.74) is 7.50. The Hall–Kier alpha value is -0.930. The third-order valence-corrected chi connectivity index (χ3v) is 5.19.